The zero-order chi connectivity index (χ0) is 29.9. The molecule has 2 heterocycles. The highest BCUT2D eigenvalue weighted by molar-refractivity contribution is 9.10. The summed E-state index contributed by atoms with van der Waals surface area (Å²) >= 11 is 3.41. The number of rotatable bonds is 10. The average molecular weight is 651 g/mol. The lowest BCUT2D eigenvalue weighted by Gasteiger charge is -2.47. The first-order valence-corrected chi connectivity index (χ1v) is 15.3. The van der Waals surface area contributed by atoms with E-state index in [1.165, 1.54) is 11.0 Å². The van der Waals surface area contributed by atoms with Crippen molar-refractivity contribution in [1.82, 2.24) is 15.1 Å². The number of piperazine rings is 1. The largest absolute Gasteiger partial charge is 0.490 e. The summed E-state index contributed by atoms with van der Waals surface area (Å²) in [7, 11) is 0. The van der Waals surface area contributed by atoms with Gasteiger partial charge in [-0.15, -0.1) is 0 Å². The molecule has 43 heavy (non-hydrogen) atoms. The number of ether oxygens (including phenoxy) is 2. The first kappa shape index (κ1) is 29.2. The second kappa shape index (κ2) is 12.8. The summed E-state index contributed by atoms with van der Waals surface area (Å²) in [5.74, 6) is 0.836. The Bertz CT molecular complexity index is 1510. The van der Waals surface area contributed by atoms with Gasteiger partial charge in [0, 0.05) is 41.3 Å². The number of carboxylic acid groups (broad SMARTS) is 1. The number of benzene rings is 3. The molecule has 0 unspecified atom stereocenters. The van der Waals surface area contributed by atoms with E-state index >= 15 is 0 Å². The number of hydrogen-bond acceptors (Lipinski definition) is 5. The van der Waals surface area contributed by atoms with Crippen molar-refractivity contribution in [2.45, 2.75) is 43.9 Å². The SMILES string of the molecule is O=C(C1=C(c2ccc(OCCOc3ccc(Br)cc3)cc2)C[C@@H]2CNC[C@H]1N2C(=O)O)N(Cc1ccccc1F)C1CC1. The molecule has 0 radical (unpaired) electrons. The molecule has 2 fully saturated rings. The van der Waals surface area contributed by atoms with E-state index in [2.05, 4.69) is 21.2 Å². The molecule has 2 aliphatic heterocycles. The lowest BCUT2D eigenvalue weighted by atomic mass is 9.82. The summed E-state index contributed by atoms with van der Waals surface area (Å²) in [4.78, 5) is 29.9. The first-order chi connectivity index (χ1) is 20.9. The van der Waals surface area contributed by atoms with Gasteiger partial charge in [-0.3, -0.25) is 9.69 Å². The Morgan fingerprint density at radius 2 is 1.60 bits per heavy atom. The predicted molar refractivity (Wildman–Crippen MR) is 163 cm³/mol. The number of fused-ring (bicyclic) bond motifs is 2. The summed E-state index contributed by atoms with van der Waals surface area (Å²) in [6, 6.07) is 20.7. The molecule has 10 heteroatoms. The molecule has 0 aromatic heterocycles. The summed E-state index contributed by atoms with van der Waals surface area (Å²) in [6.07, 6.45) is 1.04. The van der Waals surface area contributed by atoms with Crippen molar-refractivity contribution < 1.29 is 28.6 Å². The maximum Gasteiger partial charge on any atom is 0.408 e. The van der Waals surface area contributed by atoms with Gasteiger partial charge in [0.25, 0.3) is 5.91 Å². The van der Waals surface area contributed by atoms with Crippen LogP contribution in [0, 0.1) is 5.82 Å². The Labute approximate surface area is 258 Å². The first-order valence-electron chi connectivity index (χ1n) is 14.5. The van der Waals surface area contributed by atoms with E-state index in [-0.39, 0.29) is 30.4 Å². The lowest BCUT2D eigenvalue weighted by molar-refractivity contribution is -0.129. The Hall–Kier alpha value is -3.89. The van der Waals surface area contributed by atoms with E-state index in [0.717, 1.165) is 34.2 Å². The molecule has 2 amide bonds. The number of carbonyl (C=O) groups excluding carboxylic acids is 1. The van der Waals surface area contributed by atoms with E-state index in [4.69, 9.17) is 9.47 Å². The molecule has 8 nitrogen and oxygen atoms in total. The highest BCUT2D eigenvalue weighted by Gasteiger charge is 2.46. The Morgan fingerprint density at radius 3 is 2.23 bits per heavy atom. The summed E-state index contributed by atoms with van der Waals surface area (Å²) < 4.78 is 27.2. The number of hydrogen-bond donors (Lipinski definition) is 2. The van der Waals surface area contributed by atoms with Crippen molar-refractivity contribution in [2.24, 2.45) is 0 Å². The molecule has 2 bridgehead atoms. The standard InChI is InChI=1S/C33H33BrFN3O5/c34-23-7-13-27(14-8-23)43-16-15-42-26-11-5-21(6-12-26)28-17-25-18-36-19-30(38(25)33(40)41)31(28)32(39)37(24-9-10-24)20-22-3-1-2-4-29(22)35/h1-8,11-14,24-25,30,36H,9-10,15-20H2,(H,40,41)/t25-,30-/m1/s1. The van der Waals surface area contributed by atoms with Gasteiger partial charge in [0.15, 0.2) is 0 Å². The second-order valence-corrected chi connectivity index (χ2v) is 12.0. The number of nitrogens with zero attached hydrogens (tertiary/aromatic N) is 2. The molecule has 3 aromatic rings. The van der Waals surface area contributed by atoms with Crippen molar-refractivity contribution in [1.29, 1.82) is 0 Å². The van der Waals surface area contributed by atoms with Gasteiger partial charge in [-0.25, -0.2) is 9.18 Å². The molecule has 2 N–H and O–H groups in total. The Kier molecular flexibility index (Phi) is 8.67. The van der Waals surface area contributed by atoms with E-state index in [1.54, 1.807) is 23.1 Å². The van der Waals surface area contributed by atoms with Gasteiger partial charge in [-0.2, -0.15) is 0 Å². The fourth-order valence-corrected chi connectivity index (χ4v) is 6.21. The third kappa shape index (κ3) is 6.55. The zero-order valence-electron chi connectivity index (χ0n) is 23.5. The number of halogens is 2. The van der Waals surface area contributed by atoms with Crippen LogP contribution in [-0.2, 0) is 11.3 Å². The average Bonchev–Trinajstić information content (AvgIpc) is 3.85. The van der Waals surface area contributed by atoms with Gasteiger partial charge < -0.3 is 24.8 Å². The summed E-state index contributed by atoms with van der Waals surface area (Å²) in [5.41, 5.74) is 2.60. The van der Waals surface area contributed by atoms with Crippen LogP contribution in [0.5, 0.6) is 11.5 Å². The van der Waals surface area contributed by atoms with Crippen LogP contribution in [-0.4, -0.2) is 71.3 Å². The Balaban J connectivity index is 1.25. The number of carbonyl (C=O) groups is 2. The Morgan fingerprint density at radius 1 is 0.953 bits per heavy atom. The smallest absolute Gasteiger partial charge is 0.408 e. The van der Waals surface area contributed by atoms with Crippen LogP contribution in [0.4, 0.5) is 9.18 Å². The maximum atomic E-state index is 14.6. The molecule has 224 valence electrons. The van der Waals surface area contributed by atoms with Crippen molar-refractivity contribution in [2.75, 3.05) is 26.3 Å². The van der Waals surface area contributed by atoms with E-state index in [0.29, 0.717) is 49.6 Å². The normalized spacial score (nSPS) is 19.6. The summed E-state index contributed by atoms with van der Waals surface area (Å²) in [6.45, 7) is 1.73. The third-order valence-corrected chi connectivity index (χ3v) is 8.71. The van der Waals surface area contributed by atoms with Gasteiger partial charge in [0.1, 0.15) is 30.5 Å². The van der Waals surface area contributed by atoms with Crippen LogP contribution >= 0.6 is 15.9 Å². The van der Waals surface area contributed by atoms with Crippen LogP contribution < -0.4 is 14.8 Å². The molecule has 2 atom stereocenters. The van der Waals surface area contributed by atoms with Crippen LogP contribution in [0.2, 0.25) is 0 Å². The fraction of sp³-hybridized carbons (Fsp3) is 0.333. The van der Waals surface area contributed by atoms with Gasteiger partial charge >= 0.3 is 6.09 Å². The molecular formula is C33H33BrFN3O5. The van der Waals surface area contributed by atoms with Crippen LogP contribution in [0.3, 0.4) is 0 Å². The molecule has 3 aromatic carbocycles. The third-order valence-electron chi connectivity index (χ3n) is 8.18. The quantitative estimate of drug-likeness (QED) is 0.273. The van der Waals surface area contributed by atoms with Gasteiger partial charge in [-0.1, -0.05) is 46.3 Å². The van der Waals surface area contributed by atoms with Gasteiger partial charge in [0.2, 0.25) is 0 Å². The second-order valence-electron chi connectivity index (χ2n) is 11.0. The molecule has 1 saturated heterocycles. The molecule has 6 rings (SSSR count). The highest BCUT2D eigenvalue weighted by Crippen LogP contribution is 2.40. The molecule has 1 aliphatic carbocycles. The highest BCUT2D eigenvalue weighted by atomic mass is 79.9. The van der Waals surface area contributed by atoms with E-state index < -0.39 is 12.1 Å². The minimum absolute atomic E-state index is 0.00353. The van der Waals surface area contributed by atoms with Gasteiger partial charge in [0.05, 0.1) is 12.1 Å². The van der Waals surface area contributed by atoms with Crippen molar-refractivity contribution in [3.05, 3.63) is 99.8 Å². The van der Waals surface area contributed by atoms with E-state index in [1.807, 2.05) is 48.5 Å². The minimum atomic E-state index is -1.04. The van der Waals surface area contributed by atoms with Crippen LogP contribution in [0.25, 0.3) is 5.57 Å². The molecular weight excluding hydrogens is 617 g/mol. The lowest BCUT2D eigenvalue weighted by Crippen LogP contribution is -2.63. The fourth-order valence-electron chi connectivity index (χ4n) is 5.95. The van der Waals surface area contributed by atoms with Gasteiger partial charge in [-0.05, 0) is 72.9 Å². The molecule has 0 spiro atoms. The molecule has 1 saturated carbocycles. The van der Waals surface area contributed by atoms with Crippen LogP contribution in [0.15, 0.2) is 82.8 Å². The van der Waals surface area contributed by atoms with Crippen molar-refractivity contribution >= 4 is 33.5 Å². The minimum Gasteiger partial charge on any atom is -0.490 e. The predicted octanol–water partition coefficient (Wildman–Crippen LogP) is 5.71. The summed E-state index contributed by atoms with van der Waals surface area (Å²) in [5, 5.41) is 13.4. The maximum absolute atomic E-state index is 14.6. The number of nitrogens with one attached hydrogen (secondary N) is 1. The zero-order valence-corrected chi connectivity index (χ0v) is 25.1. The van der Waals surface area contributed by atoms with Crippen molar-refractivity contribution in [3.63, 3.8) is 0 Å². The van der Waals surface area contributed by atoms with Crippen molar-refractivity contribution in [3.8, 4) is 11.5 Å². The number of amides is 2. The van der Waals surface area contributed by atoms with E-state index in [9.17, 15) is 19.1 Å². The topological polar surface area (TPSA) is 91.3 Å². The monoisotopic (exact) mass is 649 g/mol. The molecule has 3 aliphatic rings. The van der Waals surface area contributed by atoms with Crippen LogP contribution in [0.1, 0.15) is 30.4 Å².